The van der Waals surface area contributed by atoms with Gasteiger partial charge >= 0.3 is 0 Å². The standard InChI is InChI=1S/C23H38N4O3S/c1-17(2)31(28,29)27-11-6-21(7-12-27)30-13-8-20-14-22(20)19-4-9-26(10-5-19)23-24-15-18(3)16-25-23/h15-17,19-22H,4-14H2,1-3H3/t20-,22-/m1/s1. The first-order chi connectivity index (χ1) is 14.8. The van der Waals surface area contributed by atoms with E-state index in [2.05, 4.69) is 14.9 Å². The maximum Gasteiger partial charge on any atom is 0.225 e. The van der Waals surface area contributed by atoms with E-state index in [9.17, 15) is 8.42 Å². The molecule has 3 fully saturated rings. The number of aromatic nitrogens is 2. The monoisotopic (exact) mass is 450 g/mol. The van der Waals surface area contributed by atoms with E-state index in [-0.39, 0.29) is 11.4 Å². The molecule has 2 atom stereocenters. The van der Waals surface area contributed by atoms with Crippen LogP contribution < -0.4 is 4.90 Å². The van der Waals surface area contributed by atoms with Gasteiger partial charge in [0.1, 0.15) is 0 Å². The number of nitrogens with zero attached hydrogens (tertiary/aromatic N) is 4. The molecular weight excluding hydrogens is 412 g/mol. The molecule has 7 nitrogen and oxygen atoms in total. The molecule has 4 rings (SSSR count). The van der Waals surface area contributed by atoms with Gasteiger partial charge in [0.2, 0.25) is 16.0 Å². The molecule has 2 aliphatic heterocycles. The largest absolute Gasteiger partial charge is 0.378 e. The van der Waals surface area contributed by atoms with Gasteiger partial charge in [-0.25, -0.2) is 22.7 Å². The van der Waals surface area contributed by atoms with Crippen molar-refractivity contribution in [3.8, 4) is 0 Å². The lowest BCUT2D eigenvalue weighted by Gasteiger charge is -2.32. The SMILES string of the molecule is Cc1cnc(N2CCC([C@H]3C[C@H]3CCOC3CCN(S(=O)(=O)C(C)C)CC3)CC2)nc1. The zero-order chi connectivity index (χ0) is 22.0. The number of rotatable bonds is 8. The van der Waals surface area contributed by atoms with Crippen LogP contribution in [0.3, 0.4) is 0 Å². The summed E-state index contributed by atoms with van der Waals surface area (Å²) in [7, 11) is -3.12. The highest BCUT2D eigenvalue weighted by atomic mass is 32.2. The predicted octanol–water partition coefficient (Wildman–Crippen LogP) is 3.25. The maximum absolute atomic E-state index is 12.3. The summed E-state index contributed by atoms with van der Waals surface area (Å²) in [6, 6.07) is 0. The van der Waals surface area contributed by atoms with Crippen molar-refractivity contribution in [2.45, 2.75) is 70.7 Å². The van der Waals surface area contributed by atoms with Crippen LogP contribution in [-0.2, 0) is 14.8 Å². The third kappa shape index (κ3) is 5.57. The number of hydrogen-bond donors (Lipinski definition) is 0. The summed E-state index contributed by atoms with van der Waals surface area (Å²) in [6.07, 6.45) is 10.6. The molecular formula is C23H38N4O3S. The molecule has 3 heterocycles. The lowest BCUT2D eigenvalue weighted by molar-refractivity contribution is 0.0173. The second kappa shape index (κ2) is 9.71. The quantitative estimate of drug-likeness (QED) is 0.605. The van der Waals surface area contributed by atoms with Crippen LogP contribution in [-0.4, -0.2) is 66.8 Å². The Morgan fingerprint density at radius 3 is 2.32 bits per heavy atom. The summed E-state index contributed by atoms with van der Waals surface area (Å²) in [6.45, 7) is 9.66. The molecule has 8 heteroatoms. The summed E-state index contributed by atoms with van der Waals surface area (Å²) in [5.74, 6) is 3.38. The normalized spacial score (nSPS) is 26.5. The van der Waals surface area contributed by atoms with Gasteiger partial charge in [-0.3, -0.25) is 0 Å². The van der Waals surface area contributed by atoms with Gasteiger partial charge < -0.3 is 9.64 Å². The Morgan fingerprint density at radius 2 is 1.71 bits per heavy atom. The van der Waals surface area contributed by atoms with E-state index in [4.69, 9.17) is 4.74 Å². The first kappa shape index (κ1) is 22.9. The molecule has 0 bridgehead atoms. The Balaban J connectivity index is 1.11. The highest BCUT2D eigenvalue weighted by molar-refractivity contribution is 7.89. The smallest absolute Gasteiger partial charge is 0.225 e. The molecule has 0 spiro atoms. The molecule has 31 heavy (non-hydrogen) atoms. The Kier molecular flexibility index (Phi) is 7.18. The molecule has 0 N–H and O–H groups in total. The van der Waals surface area contributed by atoms with Crippen molar-refractivity contribution in [1.29, 1.82) is 0 Å². The molecule has 0 aromatic carbocycles. The molecule has 2 saturated heterocycles. The van der Waals surface area contributed by atoms with Crippen molar-refractivity contribution in [2.24, 2.45) is 17.8 Å². The first-order valence-corrected chi connectivity index (χ1v) is 13.5. The average molecular weight is 451 g/mol. The maximum atomic E-state index is 12.3. The van der Waals surface area contributed by atoms with Crippen molar-refractivity contribution in [2.75, 3.05) is 37.7 Å². The summed E-state index contributed by atoms with van der Waals surface area (Å²) in [5, 5.41) is -0.340. The van der Waals surface area contributed by atoms with Crippen molar-refractivity contribution < 1.29 is 13.2 Å². The van der Waals surface area contributed by atoms with E-state index in [1.54, 1.807) is 18.2 Å². The highest BCUT2D eigenvalue weighted by Crippen LogP contribution is 2.50. The summed E-state index contributed by atoms with van der Waals surface area (Å²) in [5.41, 5.74) is 1.10. The van der Waals surface area contributed by atoms with E-state index < -0.39 is 10.0 Å². The van der Waals surface area contributed by atoms with Gasteiger partial charge in [-0.1, -0.05) is 0 Å². The Bertz CT molecular complexity index is 814. The molecule has 1 aromatic heterocycles. The minimum atomic E-state index is -3.12. The van der Waals surface area contributed by atoms with Gasteiger partial charge in [-0.2, -0.15) is 0 Å². The third-order valence-corrected chi connectivity index (χ3v) is 9.65. The van der Waals surface area contributed by atoms with Gasteiger partial charge in [0, 0.05) is 45.2 Å². The molecule has 1 aromatic rings. The van der Waals surface area contributed by atoms with E-state index in [1.807, 2.05) is 19.3 Å². The van der Waals surface area contributed by atoms with Gasteiger partial charge in [-0.15, -0.1) is 0 Å². The van der Waals surface area contributed by atoms with Gasteiger partial charge in [-0.05, 0) is 82.6 Å². The lowest BCUT2D eigenvalue weighted by atomic mass is 9.90. The fourth-order valence-corrected chi connectivity index (χ4v) is 6.51. The average Bonchev–Trinajstić information content (AvgIpc) is 3.54. The number of ether oxygens (including phenoxy) is 1. The number of hydrogen-bond acceptors (Lipinski definition) is 6. The number of anilines is 1. The molecule has 174 valence electrons. The van der Waals surface area contributed by atoms with E-state index >= 15 is 0 Å². The van der Waals surface area contributed by atoms with Crippen LogP contribution in [0.5, 0.6) is 0 Å². The third-order valence-electron chi connectivity index (χ3n) is 7.37. The van der Waals surface area contributed by atoms with Crippen molar-refractivity contribution in [1.82, 2.24) is 14.3 Å². The predicted molar refractivity (Wildman–Crippen MR) is 123 cm³/mol. The Hall–Kier alpha value is -1.25. The first-order valence-electron chi connectivity index (χ1n) is 12.0. The highest BCUT2D eigenvalue weighted by Gasteiger charge is 2.43. The van der Waals surface area contributed by atoms with Crippen LogP contribution in [0.1, 0.15) is 57.9 Å². The minimum absolute atomic E-state index is 0.216. The lowest BCUT2D eigenvalue weighted by Crippen LogP contribution is -2.43. The van der Waals surface area contributed by atoms with Gasteiger partial charge in [0.15, 0.2) is 0 Å². The summed E-state index contributed by atoms with van der Waals surface area (Å²) < 4.78 is 32.3. The van der Waals surface area contributed by atoms with Crippen LogP contribution >= 0.6 is 0 Å². The molecule has 0 amide bonds. The zero-order valence-electron chi connectivity index (χ0n) is 19.2. The molecule has 0 radical (unpaired) electrons. The second-order valence-electron chi connectivity index (χ2n) is 9.90. The van der Waals surface area contributed by atoms with Crippen LogP contribution in [0, 0.1) is 24.7 Å². The van der Waals surface area contributed by atoms with Crippen LogP contribution in [0.25, 0.3) is 0 Å². The van der Waals surface area contributed by atoms with Crippen LogP contribution in [0.4, 0.5) is 5.95 Å². The van der Waals surface area contributed by atoms with Crippen molar-refractivity contribution >= 4 is 16.0 Å². The molecule has 0 unspecified atom stereocenters. The zero-order valence-corrected chi connectivity index (χ0v) is 20.1. The van der Waals surface area contributed by atoms with Gasteiger partial charge in [0.25, 0.3) is 0 Å². The van der Waals surface area contributed by atoms with Crippen LogP contribution in [0.15, 0.2) is 12.4 Å². The van der Waals surface area contributed by atoms with E-state index in [0.717, 1.165) is 68.2 Å². The molecule has 1 saturated carbocycles. The van der Waals surface area contributed by atoms with Gasteiger partial charge in [0.05, 0.1) is 11.4 Å². The summed E-state index contributed by atoms with van der Waals surface area (Å²) in [4.78, 5) is 11.3. The second-order valence-corrected chi connectivity index (χ2v) is 12.4. The number of piperidine rings is 2. The number of aryl methyl sites for hydroxylation is 1. The topological polar surface area (TPSA) is 75.6 Å². The van der Waals surface area contributed by atoms with Crippen molar-refractivity contribution in [3.63, 3.8) is 0 Å². The molecule has 3 aliphatic rings. The molecule has 1 aliphatic carbocycles. The number of sulfonamides is 1. The summed E-state index contributed by atoms with van der Waals surface area (Å²) >= 11 is 0. The fourth-order valence-electron chi connectivity index (χ4n) is 5.19. The Labute approximate surface area is 187 Å². The van der Waals surface area contributed by atoms with E-state index in [1.165, 1.54) is 19.3 Å². The minimum Gasteiger partial charge on any atom is -0.378 e. The van der Waals surface area contributed by atoms with Crippen molar-refractivity contribution in [3.05, 3.63) is 18.0 Å². The Morgan fingerprint density at radius 1 is 1.06 bits per heavy atom. The van der Waals surface area contributed by atoms with Crippen LogP contribution in [0.2, 0.25) is 0 Å². The van der Waals surface area contributed by atoms with E-state index in [0.29, 0.717) is 13.1 Å². The fraction of sp³-hybridized carbons (Fsp3) is 0.826.